The Morgan fingerprint density at radius 1 is 1.38 bits per heavy atom. The summed E-state index contributed by atoms with van der Waals surface area (Å²) in [4.78, 5) is 4.49. The first kappa shape index (κ1) is 11.1. The number of aromatic nitrogens is 2. The quantitative estimate of drug-likeness (QED) is 0.837. The number of aryl methyl sites for hydroxylation is 2. The summed E-state index contributed by atoms with van der Waals surface area (Å²) >= 11 is 0. The average Bonchev–Trinajstić information content (AvgIpc) is 2.55. The second-order valence-electron chi connectivity index (χ2n) is 5.01. The molecule has 2 aromatic rings. The van der Waals surface area contributed by atoms with Crippen LogP contribution in [0.3, 0.4) is 0 Å². The predicted octanol–water partition coefficient (Wildman–Crippen LogP) is 2.12. The number of hydrogen-bond donors (Lipinski definition) is 1. The predicted molar refractivity (Wildman–Crippen MR) is 67.5 cm³/mol. The van der Waals surface area contributed by atoms with Crippen LogP contribution in [0.5, 0.6) is 0 Å². The molecule has 16 heavy (non-hydrogen) atoms. The van der Waals surface area contributed by atoms with Gasteiger partial charge in [-0.05, 0) is 24.6 Å². The van der Waals surface area contributed by atoms with E-state index >= 15 is 0 Å². The third-order valence-electron chi connectivity index (χ3n) is 3.40. The minimum atomic E-state index is 0.0202. The van der Waals surface area contributed by atoms with E-state index in [4.69, 9.17) is 5.73 Å². The summed E-state index contributed by atoms with van der Waals surface area (Å²) in [6, 6.07) is 6.40. The molecular weight excluding hydrogens is 198 g/mol. The van der Waals surface area contributed by atoms with Crippen LogP contribution in [0.1, 0.15) is 25.2 Å². The van der Waals surface area contributed by atoms with Crippen LogP contribution in [0.25, 0.3) is 11.0 Å². The highest BCUT2D eigenvalue weighted by Crippen LogP contribution is 2.25. The number of nitrogens with zero attached hydrogens (tertiary/aromatic N) is 2. The standard InChI is InChI=1S/C13H19N3/c1-9-15-11-6-5-10(13(2,3)8-14)7-12(11)16(9)4/h5-7H,8,14H2,1-4H3. The number of hydrogen-bond acceptors (Lipinski definition) is 2. The number of benzene rings is 1. The molecule has 0 aliphatic carbocycles. The first-order valence-corrected chi connectivity index (χ1v) is 5.59. The number of rotatable bonds is 2. The van der Waals surface area contributed by atoms with Gasteiger partial charge in [0.25, 0.3) is 0 Å². The van der Waals surface area contributed by atoms with Gasteiger partial charge in [0.05, 0.1) is 11.0 Å². The Labute approximate surface area is 96.3 Å². The van der Waals surface area contributed by atoms with Crippen molar-refractivity contribution >= 4 is 11.0 Å². The third-order valence-corrected chi connectivity index (χ3v) is 3.40. The van der Waals surface area contributed by atoms with Gasteiger partial charge in [-0.2, -0.15) is 0 Å². The van der Waals surface area contributed by atoms with Crippen molar-refractivity contribution < 1.29 is 0 Å². The molecule has 0 spiro atoms. The Hall–Kier alpha value is -1.35. The molecule has 0 fully saturated rings. The molecule has 0 aliphatic heterocycles. The summed E-state index contributed by atoms with van der Waals surface area (Å²) < 4.78 is 2.12. The molecule has 1 heterocycles. The van der Waals surface area contributed by atoms with E-state index in [1.54, 1.807) is 0 Å². The molecule has 0 aliphatic rings. The first-order valence-electron chi connectivity index (χ1n) is 5.59. The molecule has 0 radical (unpaired) electrons. The smallest absolute Gasteiger partial charge is 0.106 e. The summed E-state index contributed by atoms with van der Waals surface area (Å²) in [5.74, 6) is 1.04. The summed E-state index contributed by atoms with van der Waals surface area (Å²) in [7, 11) is 2.05. The molecule has 3 heteroatoms. The Morgan fingerprint density at radius 2 is 2.06 bits per heavy atom. The fourth-order valence-electron chi connectivity index (χ4n) is 1.85. The van der Waals surface area contributed by atoms with Crippen molar-refractivity contribution in [2.45, 2.75) is 26.2 Å². The molecule has 86 valence electrons. The van der Waals surface area contributed by atoms with Gasteiger partial charge in [-0.25, -0.2) is 4.98 Å². The van der Waals surface area contributed by atoms with Crippen molar-refractivity contribution in [3.05, 3.63) is 29.6 Å². The van der Waals surface area contributed by atoms with Crippen LogP contribution in [0.15, 0.2) is 18.2 Å². The van der Waals surface area contributed by atoms with E-state index in [1.807, 2.05) is 14.0 Å². The largest absolute Gasteiger partial charge is 0.331 e. The van der Waals surface area contributed by atoms with Gasteiger partial charge < -0.3 is 10.3 Å². The van der Waals surface area contributed by atoms with Crippen molar-refractivity contribution in [2.24, 2.45) is 12.8 Å². The van der Waals surface area contributed by atoms with Crippen LogP contribution in [0.4, 0.5) is 0 Å². The molecule has 0 unspecified atom stereocenters. The fraction of sp³-hybridized carbons (Fsp3) is 0.462. The topological polar surface area (TPSA) is 43.8 Å². The maximum absolute atomic E-state index is 5.80. The molecule has 2 rings (SSSR count). The lowest BCUT2D eigenvalue weighted by molar-refractivity contribution is 0.539. The molecule has 0 saturated carbocycles. The van der Waals surface area contributed by atoms with Crippen molar-refractivity contribution in [3.63, 3.8) is 0 Å². The minimum absolute atomic E-state index is 0.0202. The molecule has 1 aromatic heterocycles. The SMILES string of the molecule is Cc1nc2ccc(C(C)(C)CN)cc2n1C. The minimum Gasteiger partial charge on any atom is -0.331 e. The van der Waals surface area contributed by atoms with Crippen LogP contribution in [0.2, 0.25) is 0 Å². The molecule has 2 N–H and O–H groups in total. The Balaban J connectivity index is 2.64. The lowest BCUT2D eigenvalue weighted by Gasteiger charge is -2.23. The molecule has 3 nitrogen and oxygen atoms in total. The fourth-order valence-corrected chi connectivity index (χ4v) is 1.85. The zero-order chi connectivity index (χ0) is 11.9. The summed E-state index contributed by atoms with van der Waals surface area (Å²) in [5, 5.41) is 0. The average molecular weight is 217 g/mol. The van der Waals surface area contributed by atoms with Gasteiger partial charge in [-0.1, -0.05) is 19.9 Å². The second-order valence-corrected chi connectivity index (χ2v) is 5.01. The Bertz CT molecular complexity index is 523. The third kappa shape index (κ3) is 1.61. The molecule has 0 atom stereocenters. The monoisotopic (exact) mass is 217 g/mol. The van der Waals surface area contributed by atoms with Gasteiger partial charge in [0.2, 0.25) is 0 Å². The van der Waals surface area contributed by atoms with E-state index in [1.165, 1.54) is 11.1 Å². The van der Waals surface area contributed by atoms with Crippen LogP contribution in [-0.4, -0.2) is 16.1 Å². The van der Waals surface area contributed by atoms with E-state index in [0.29, 0.717) is 6.54 Å². The normalized spacial score (nSPS) is 12.3. The van der Waals surface area contributed by atoms with Gasteiger partial charge in [-0.3, -0.25) is 0 Å². The zero-order valence-corrected chi connectivity index (χ0v) is 10.4. The maximum atomic E-state index is 5.80. The van der Waals surface area contributed by atoms with E-state index in [9.17, 15) is 0 Å². The van der Waals surface area contributed by atoms with Gasteiger partial charge in [0.15, 0.2) is 0 Å². The van der Waals surface area contributed by atoms with E-state index < -0.39 is 0 Å². The Morgan fingerprint density at radius 3 is 2.69 bits per heavy atom. The summed E-state index contributed by atoms with van der Waals surface area (Å²) in [6.45, 7) is 7.00. The molecular formula is C13H19N3. The molecule has 0 saturated heterocycles. The number of imidazole rings is 1. The Kier molecular flexibility index (Phi) is 2.50. The number of nitrogens with two attached hydrogens (primary N) is 1. The lowest BCUT2D eigenvalue weighted by Crippen LogP contribution is -2.27. The zero-order valence-electron chi connectivity index (χ0n) is 10.4. The van der Waals surface area contributed by atoms with Crippen molar-refractivity contribution in [1.82, 2.24) is 9.55 Å². The highest BCUT2D eigenvalue weighted by molar-refractivity contribution is 5.77. The van der Waals surface area contributed by atoms with Crippen molar-refractivity contribution in [2.75, 3.05) is 6.54 Å². The summed E-state index contributed by atoms with van der Waals surface area (Å²) in [6.07, 6.45) is 0. The molecule has 0 bridgehead atoms. The maximum Gasteiger partial charge on any atom is 0.106 e. The van der Waals surface area contributed by atoms with Gasteiger partial charge in [0, 0.05) is 19.0 Å². The highest BCUT2D eigenvalue weighted by atomic mass is 15.0. The van der Waals surface area contributed by atoms with Gasteiger partial charge in [-0.15, -0.1) is 0 Å². The van der Waals surface area contributed by atoms with Crippen molar-refractivity contribution in [1.29, 1.82) is 0 Å². The summed E-state index contributed by atoms with van der Waals surface area (Å²) in [5.41, 5.74) is 9.32. The van der Waals surface area contributed by atoms with Crippen LogP contribution < -0.4 is 5.73 Å². The highest BCUT2D eigenvalue weighted by Gasteiger charge is 2.19. The van der Waals surface area contributed by atoms with Crippen molar-refractivity contribution in [3.8, 4) is 0 Å². The van der Waals surface area contributed by atoms with Gasteiger partial charge >= 0.3 is 0 Å². The van der Waals surface area contributed by atoms with Gasteiger partial charge in [0.1, 0.15) is 5.82 Å². The first-order chi connectivity index (χ1) is 7.45. The second kappa shape index (κ2) is 3.59. The van der Waals surface area contributed by atoms with Crippen LogP contribution in [-0.2, 0) is 12.5 Å². The number of fused-ring (bicyclic) bond motifs is 1. The molecule has 1 aromatic carbocycles. The van der Waals surface area contributed by atoms with E-state index in [0.717, 1.165) is 11.3 Å². The van der Waals surface area contributed by atoms with E-state index in [-0.39, 0.29) is 5.41 Å². The van der Waals surface area contributed by atoms with Crippen LogP contribution >= 0.6 is 0 Å². The molecule has 0 amide bonds. The van der Waals surface area contributed by atoms with Crippen LogP contribution in [0, 0.1) is 6.92 Å². The van der Waals surface area contributed by atoms with E-state index in [2.05, 4.69) is 41.6 Å². The lowest BCUT2D eigenvalue weighted by atomic mass is 9.85.